The maximum atomic E-state index is 13.0. The van der Waals surface area contributed by atoms with Gasteiger partial charge in [0.1, 0.15) is 5.75 Å². The summed E-state index contributed by atoms with van der Waals surface area (Å²) < 4.78 is 40.7. The van der Waals surface area contributed by atoms with E-state index >= 15 is 0 Å². The van der Waals surface area contributed by atoms with E-state index < -0.39 is 6.36 Å². The number of amides is 1. The van der Waals surface area contributed by atoms with Crippen molar-refractivity contribution in [2.75, 3.05) is 13.1 Å². The summed E-state index contributed by atoms with van der Waals surface area (Å²) >= 11 is 1.37. The molecule has 4 nitrogen and oxygen atoms in total. The second kappa shape index (κ2) is 8.31. The molecule has 1 amide bonds. The molecular formula is C19H20ClF3N2O2S. The minimum absolute atomic E-state index is 0. The Labute approximate surface area is 171 Å². The third-order valence-corrected chi connectivity index (χ3v) is 6.20. The molecular weight excluding hydrogens is 413 g/mol. The van der Waals surface area contributed by atoms with Gasteiger partial charge in [-0.15, -0.1) is 36.9 Å². The number of thiophene rings is 1. The normalized spacial score (nSPS) is 21.8. The molecule has 28 heavy (non-hydrogen) atoms. The van der Waals surface area contributed by atoms with E-state index in [-0.39, 0.29) is 30.1 Å². The van der Waals surface area contributed by atoms with Crippen LogP contribution < -0.4 is 10.1 Å². The number of hydrogen-bond acceptors (Lipinski definition) is 4. The number of carbonyl (C=O) groups is 1. The zero-order valence-electron chi connectivity index (χ0n) is 14.9. The topological polar surface area (TPSA) is 41.6 Å². The summed E-state index contributed by atoms with van der Waals surface area (Å²) in [6.45, 7) is 1.77. The van der Waals surface area contributed by atoms with Crippen LogP contribution in [0.4, 0.5) is 13.2 Å². The van der Waals surface area contributed by atoms with Gasteiger partial charge < -0.3 is 15.0 Å². The molecule has 2 aromatic rings. The van der Waals surface area contributed by atoms with E-state index in [2.05, 4.69) is 10.1 Å². The van der Waals surface area contributed by atoms with Crippen molar-refractivity contribution in [3.05, 3.63) is 41.3 Å². The lowest BCUT2D eigenvalue weighted by Gasteiger charge is -2.27. The molecule has 1 N–H and O–H groups in total. The Morgan fingerprint density at radius 3 is 2.50 bits per heavy atom. The zero-order valence-corrected chi connectivity index (χ0v) is 16.5. The van der Waals surface area contributed by atoms with Gasteiger partial charge in [-0.25, -0.2) is 0 Å². The molecule has 2 unspecified atom stereocenters. The van der Waals surface area contributed by atoms with E-state index in [1.165, 1.54) is 23.5 Å². The van der Waals surface area contributed by atoms with Gasteiger partial charge in [0.25, 0.3) is 5.91 Å². The molecule has 2 aliphatic rings. The van der Waals surface area contributed by atoms with E-state index in [0.717, 1.165) is 42.8 Å². The molecule has 0 radical (unpaired) electrons. The number of benzene rings is 1. The number of carbonyl (C=O) groups excluding carboxylic acids is 1. The first-order valence-corrected chi connectivity index (χ1v) is 9.72. The van der Waals surface area contributed by atoms with Crippen molar-refractivity contribution in [3.63, 3.8) is 0 Å². The predicted molar refractivity (Wildman–Crippen MR) is 104 cm³/mol. The Hall–Kier alpha value is -1.77. The van der Waals surface area contributed by atoms with Crippen molar-refractivity contribution in [2.45, 2.75) is 37.7 Å². The van der Waals surface area contributed by atoms with Crippen LogP contribution in [0.25, 0.3) is 10.4 Å². The lowest BCUT2D eigenvalue weighted by molar-refractivity contribution is -0.274. The highest BCUT2D eigenvalue weighted by atomic mass is 35.5. The van der Waals surface area contributed by atoms with E-state index in [4.69, 9.17) is 0 Å². The third-order valence-electron chi connectivity index (χ3n) is 5.08. The first-order chi connectivity index (χ1) is 12.9. The minimum atomic E-state index is -4.70. The highest BCUT2D eigenvalue weighted by Gasteiger charge is 2.38. The van der Waals surface area contributed by atoms with Gasteiger partial charge >= 0.3 is 6.36 Å². The van der Waals surface area contributed by atoms with Crippen molar-refractivity contribution in [2.24, 2.45) is 0 Å². The summed E-state index contributed by atoms with van der Waals surface area (Å²) in [5.74, 6) is -0.202. The van der Waals surface area contributed by atoms with Crippen LogP contribution in [-0.2, 0) is 0 Å². The van der Waals surface area contributed by atoms with E-state index in [9.17, 15) is 18.0 Å². The van der Waals surface area contributed by atoms with Crippen LogP contribution in [0.1, 0.15) is 28.9 Å². The number of nitrogens with one attached hydrogen (secondary N) is 1. The van der Waals surface area contributed by atoms with Crippen molar-refractivity contribution in [1.29, 1.82) is 0 Å². The second-order valence-electron chi connectivity index (χ2n) is 6.83. The Kier molecular flexibility index (Phi) is 6.21. The van der Waals surface area contributed by atoms with E-state index in [1.54, 1.807) is 18.2 Å². The quantitative estimate of drug-likeness (QED) is 0.764. The fourth-order valence-electron chi connectivity index (χ4n) is 3.87. The van der Waals surface area contributed by atoms with Crippen LogP contribution >= 0.6 is 23.7 Å². The van der Waals surface area contributed by atoms with Crippen molar-refractivity contribution in [1.82, 2.24) is 10.2 Å². The molecule has 152 valence electrons. The van der Waals surface area contributed by atoms with Crippen LogP contribution in [0, 0.1) is 0 Å². The molecule has 0 aliphatic carbocycles. The van der Waals surface area contributed by atoms with Crippen LogP contribution in [-0.4, -0.2) is 42.3 Å². The Balaban J connectivity index is 0.00000225. The van der Waals surface area contributed by atoms with Crippen molar-refractivity contribution >= 4 is 29.7 Å². The number of hydrogen-bond donors (Lipinski definition) is 1. The number of nitrogens with zero attached hydrogens (tertiary/aromatic N) is 1. The fourth-order valence-corrected chi connectivity index (χ4v) is 4.83. The van der Waals surface area contributed by atoms with Crippen molar-refractivity contribution in [3.8, 4) is 16.2 Å². The zero-order chi connectivity index (χ0) is 19.0. The largest absolute Gasteiger partial charge is 0.573 e. The number of halogens is 4. The van der Waals surface area contributed by atoms with Crippen LogP contribution in [0.5, 0.6) is 5.75 Å². The number of rotatable bonds is 3. The number of fused-ring (bicyclic) bond motifs is 2. The molecule has 3 heterocycles. The summed E-state index contributed by atoms with van der Waals surface area (Å²) in [4.78, 5) is 16.6. The average molecular weight is 433 g/mol. The molecule has 0 spiro atoms. The van der Waals surface area contributed by atoms with Gasteiger partial charge in [-0.3, -0.25) is 4.79 Å². The average Bonchev–Trinajstić information content (AvgIpc) is 3.17. The molecule has 2 aliphatic heterocycles. The lowest BCUT2D eigenvalue weighted by Crippen LogP contribution is -2.42. The molecule has 1 aromatic heterocycles. The predicted octanol–water partition coefficient (Wildman–Crippen LogP) is 4.70. The van der Waals surface area contributed by atoms with E-state index in [1.807, 2.05) is 11.0 Å². The molecule has 2 saturated heterocycles. The summed E-state index contributed by atoms with van der Waals surface area (Å²) in [5, 5.41) is 3.38. The van der Waals surface area contributed by atoms with Gasteiger partial charge in [-0.2, -0.15) is 0 Å². The van der Waals surface area contributed by atoms with Gasteiger partial charge in [-0.05, 0) is 67.8 Å². The van der Waals surface area contributed by atoms with Gasteiger partial charge in [0.2, 0.25) is 0 Å². The summed E-state index contributed by atoms with van der Waals surface area (Å²) in [6.07, 6.45) is -1.65. The van der Waals surface area contributed by atoms with Crippen LogP contribution in [0.3, 0.4) is 0 Å². The fraction of sp³-hybridized carbons (Fsp3) is 0.421. The maximum absolute atomic E-state index is 13.0. The maximum Gasteiger partial charge on any atom is 0.573 e. The molecule has 0 saturated carbocycles. The Morgan fingerprint density at radius 1 is 1.07 bits per heavy atom. The Bertz CT molecular complexity index is 811. The van der Waals surface area contributed by atoms with Gasteiger partial charge in [0.15, 0.2) is 0 Å². The molecule has 2 atom stereocenters. The highest BCUT2D eigenvalue weighted by molar-refractivity contribution is 7.17. The first-order valence-electron chi connectivity index (χ1n) is 8.90. The van der Waals surface area contributed by atoms with Crippen LogP contribution in [0.15, 0.2) is 36.4 Å². The summed E-state index contributed by atoms with van der Waals surface area (Å²) in [7, 11) is 0. The third kappa shape index (κ3) is 4.45. The smallest absolute Gasteiger partial charge is 0.406 e. The Morgan fingerprint density at radius 2 is 1.79 bits per heavy atom. The molecule has 1 aromatic carbocycles. The van der Waals surface area contributed by atoms with Gasteiger partial charge in [0.05, 0.1) is 4.88 Å². The molecule has 2 fully saturated rings. The minimum Gasteiger partial charge on any atom is -0.406 e. The highest BCUT2D eigenvalue weighted by Crippen LogP contribution is 2.34. The van der Waals surface area contributed by atoms with Gasteiger partial charge in [-0.1, -0.05) is 0 Å². The molecule has 9 heteroatoms. The molecule has 2 bridgehead atoms. The number of alkyl halides is 3. The number of ether oxygens (including phenoxy) is 1. The van der Waals surface area contributed by atoms with E-state index in [0.29, 0.717) is 10.9 Å². The van der Waals surface area contributed by atoms with Gasteiger partial charge in [0, 0.05) is 23.5 Å². The SMILES string of the molecule is Cl.O=C(c1ccc(-c2ccc(OC(F)(F)F)cc2)s1)N1C2CCNCC1CC2. The monoisotopic (exact) mass is 432 g/mol. The lowest BCUT2D eigenvalue weighted by atomic mass is 10.1. The summed E-state index contributed by atoms with van der Waals surface area (Å²) in [6, 6.07) is 9.89. The molecule has 4 rings (SSSR count). The summed E-state index contributed by atoms with van der Waals surface area (Å²) in [5.41, 5.74) is 0.758. The standard InChI is InChI=1S/C19H19F3N2O2S.ClH/c20-19(21,22)26-15-5-1-12(2-6-15)16-7-8-17(27-16)18(25)24-13-3-4-14(24)11-23-10-9-13;/h1-2,5-8,13-14,23H,3-4,9-11H2;1H. The van der Waals surface area contributed by atoms with Crippen LogP contribution in [0.2, 0.25) is 0 Å². The first kappa shape index (κ1) is 21.0. The van der Waals surface area contributed by atoms with Crippen molar-refractivity contribution < 1.29 is 22.7 Å². The second-order valence-corrected chi connectivity index (χ2v) is 7.91.